The van der Waals surface area contributed by atoms with Gasteiger partial charge in [0.05, 0.1) is 22.7 Å². The minimum atomic E-state index is -0.529. The fourth-order valence-corrected chi connectivity index (χ4v) is 4.83. The van der Waals surface area contributed by atoms with Gasteiger partial charge in [-0.15, -0.1) is 0 Å². The van der Waals surface area contributed by atoms with Crippen LogP contribution in [0.5, 0.6) is 5.75 Å². The van der Waals surface area contributed by atoms with Gasteiger partial charge in [-0.3, -0.25) is 24.6 Å². The summed E-state index contributed by atoms with van der Waals surface area (Å²) in [5, 5.41) is 11.6. The summed E-state index contributed by atoms with van der Waals surface area (Å²) < 4.78 is 5.33. The molecule has 0 spiro atoms. The number of anilines is 1. The number of benzene rings is 2. The molecular weight excluding hydrogens is 432 g/mol. The molecule has 4 rings (SSSR count). The molecule has 1 aliphatic carbocycles. The molecule has 7 nitrogen and oxygen atoms in total. The quantitative estimate of drug-likeness (QED) is 0.454. The van der Waals surface area contributed by atoms with Gasteiger partial charge in [-0.05, 0) is 35.6 Å². The summed E-state index contributed by atoms with van der Waals surface area (Å²) in [4.78, 5) is 39.1. The molecule has 32 heavy (non-hydrogen) atoms. The largest absolute Gasteiger partial charge is 0.497 e. The number of ether oxygens (including phenoxy) is 1. The van der Waals surface area contributed by atoms with E-state index in [2.05, 4.69) is 0 Å². The van der Waals surface area contributed by atoms with Crippen LogP contribution in [0.3, 0.4) is 0 Å². The monoisotopic (exact) mass is 454 g/mol. The van der Waals surface area contributed by atoms with Crippen LogP contribution in [0.2, 0.25) is 5.02 Å². The molecule has 1 heterocycles. The summed E-state index contributed by atoms with van der Waals surface area (Å²) in [6.45, 7) is 3.95. The van der Waals surface area contributed by atoms with E-state index in [1.807, 2.05) is 38.1 Å². The molecule has 2 aliphatic rings. The molecule has 0 saturated carbocycles. The van der Waals surface area contributed by atoms with Crippen molar-refractivity contribution in [2.75, 3.05) is 12.0 Å². The number of nitro groups is 1. The maximum atomic E-state index is 13.5. The van der Waals surface area contributed by atoms with Crippen LogP contribution in [0, 0.1) is 15.5 Å². The zero-order chi connectivity index (χ0) is 23.2. The molecule has 1 atom stereocenters. The summed E-state index contributed by atoms with van der Waals surface area (Å²) in [7, 11) is 1.57. The minimum Gasteiger partial charge on any atom is -0.497 e. The van der Waals surface area contributed by atoms with Gasteiger partial charge in [-0.1, -0.05) is 37.6 Å². The molecule has 1 amide bonds. The van der Waals surface area contributed by atoms with Gasteiger partial charge in [-0.25, -0.2) is 0 Å². The van der Waals surface area contributed by atoms with Gasteiger partial charge in [0.15, 0.2) is 5.78 Å². The Labute approximate surface area is 190 Å². The van der Waals surface area contributed by atoms with E-state index in [9.17, 15) is 19.7 Å². The van der Waals surface area contributed by atoms with E-state index in [4.69, 9.17) is 16.3 Å². The molecule has 0 radical (unpaired) electrons. The van der Waals surface area contributed by atoms with Crippen LogP contribution in [0.25, 0.3) is 0 Å². The average molecular weight is 455 g/mol. The van der Waals surface area contributed by atoms with Crippen LogP contribution >= 0.6 is 11.6 Å². The standard InChI is InChI=1S/C24H23ClN2O5/c1-24(2)12-20-23(21(28)13-24)17(14-5-4-6-16(9-14)32-3)11-22(29)26(20)19-10-15(27(30)31)7-8-18(19)25/h4-10,17H,11-13H2,1-3H3. The number of hydrogen-bond acceptors (Lipinski definition) is 5. The molecule has 0 bridgehead atoms. The highest BCUT2D eigenvalue weighted by atomic mass is 35.5. The smallest absolute Gasteiger partial charge is 0.271 e. The number of nitrogens with zero attached hydrogens (tertiary/aromatic N) is 2. The Morgan fingerprint density at radius 2 is 1.91 bits per heavy atom. The summed E-state index contributed by atoms with van der Waals surface area (Å²) >= 11 is 6.39. The first-order valence-corrected chi connectivity index (χ1v) is 10.7. The zero-order valence-corrected chi connectivity index (χ0v) is 18.8. The van der Waals surface area contributed by atoms with Crippen molar-refractivity contribution in [3.05, 3.63) is 74.4 Å². The number of Topliss-reactive ketones (excluding diaryl/α,β-unsaturated/α-hetero) is 1. The highest BCUT2D eigenvalue weighted by molar-refractivity contribution is 6.34. The number of methoxy groups -OCH3 is 1. The highest BCUT2D eigenvalue weighted by Crippen LogP contribution is 2.49. The normalized spacial score (nSPS) is 20.2. The maximum Gasteiger partial charge on any atom is 0.271 e. The molecular formula is C24H23ClN2O5. The van der Waals surface area contributed by atoms with Gasteiger partial charge in [0, 0.05) is 42.2 Å². The fourth-order valence-electron chi connectivity index (χ4n) is 4.62. The molecule has 166 valence electrons. The fraction of sp³-hybridized carbons (Fsp3) is 0.333. The third-order valence-corrected chi connectivity index (χ3v) is 6.34. The van der Waals surface area contributed by atoms with Crippen molar-refractivity contribution in [3.63, 3.8) is 0 Å². The number of carbonyl (C=O) groups excluding carboxylic acids is 2. The van der Waals surface area contributed by atoms with E-state index in [-0.39, 0.29) is 39.9 Å². The second-order valence-corrected chi connectivity index (χ2v) is 9.36. The lowest BCUT2D eigenvalue weighted by Crippen LogP contribution is -2.43. The molecule has 2 aromatic carbocycles. The maximum absolute atomic E-state index is 13.5. The number of amides is 1. The van der Waals surface area contributed by atoms with Gasteiger partial charge >= 0.3 is 0 Å². The summed E-state index contributed by atoms with van der Waals surface area (Å²) in [6.07, 6.45) is 0.882. The van der Waals surface area contributed by atoms with Crippen LogP contribution in [0.15, 0.2) is 53.7 Å². The van der Waals surface area contributed by atoms with Gasteiger partial charge in [0.25, 0.3) is 5.69 Å². The molecule has 0 saturated heterocycles. The Bertz CT molecular complexity index is 1170. The molecule has 8 heteroatoms. The van der Waals surface area contributed by atoms with Crippen molar-refractivity contribution in [2.45, 2.75) is 39.0 Å². The van der Waals surface area contributed by atoms with Crippen molar-refractivity contribution in [1.82, 2.24) is 0 Å². The number of hydrogen-bond donors (Lipinski definition) is 0. The number of ketones is 1. The van der Waals surface area contributed by atoms with Crippen molar-refractivity contribution in [3.8, 4) is 5.75 Å². The van der Waals surface area contributed by atoms with Crippen molar-refractivity contribution in [2.24, 2.45) is 5.41 Å². The lowest BCUT2D eigenvalue weighted by Gasteiger charge is -2.43. The van der Waals surface area contributed by atoms with E-state index in [0.29, 0.717) is 29.9 Å². The van der Waals surface area contributed by atoms with Crippen LogP contribution in [0.1, 0.15) is 44.6 Å². The molecule has 0 fully saturated rings. The van der Waals surface area contributed by atoms with E-state index < -0.39 is 10.8 Å². The van der Waals surface area contributed by atoms with Crippen LogP contribution < -0.4 is 9.64 Å². The second kappa shape index (κ2) is 8.06. The summed E-state index contributed by atoms with van der Waals surface area (Å²) in [5.41, 5.74) is 1.65. The summed E-state index contributed by atoms with van der Waals surface area (Å²) in [6, 6.07) is 11.4. The number of halogens is 1. The lowest BCUT2D eigenvalue weighted by atomic mass is 9.69. The van der Waals surface area contributed by atoms with Crippen molar-refractivity contribution in [1.29, 1.82) is 0 Å². The number of rotatable bonds is 4. The summed E-state index contributed by atoms with van der Waals surface area (Å²) in [5.74, 6) is -0.0534. The molecule has 1 unspecified atom stereocenters. The molecule has 0 N–H and O–H groups in total. The van der Waals surface area contributed by atoms with Crippen LogP contribution in [-0.2, 0) is 9.59 Å². The van der Waals surface area contributed by atoms with Crippen LogP contribution in [-0.4, -0.2) is 23.7 Å². The van der Waals surface area contributed by atoms with Gasteiger partial charge in [-0.2, -0.15) is 0 Å². The van der Waals surface area contributed by atoms with Gasteiger partial charge in [0.2, 0.25) is 5.91 Å². The van der Waals surface area contributed by atoms with E-state index in [1.165, 1.54) is 23.1 Å². The Morgan fingerprint density at radius 3 is 2.59 bits per heavy atom. The molecule has 1 aliphatic heterocycles. The van der Waals surface area contributed by atoms with E-state index in [1.54, 1.807) is 7.11 Å². The van der Waals surface area contributed by atoms with Gasteiger partial charge < -0.3 is 4.74 Å². The van der Waals surface area contributed by atoms with Crippen LogP contribution in [0.4, 0.5) is 11.4 Å². The third kappa shape index (κ3) is 3.88. The molecule has 2 aromatic rings. The Hall–Kier alpha value is -3.19. The average Bonchev–Trinajstić information content (AvgIpc) is 2.73. The Balaban J connectivity index is 1.93. The van der Waals surface area contributed by atoms with Crippen molar-refractivity contribution >= 4 is 34.7 Å². The number of allylic oxidation sites excluding steroid dienone is 2. The molecule has 0 aromatic heterocycles. The Morgan fingerprint density at radius 1 is 1.16 bits per heavy atom. The predicted molar refractivity (Wildman–Crippen MR) is 121 cm³/mol. The number of non-ortho nitro benzene ring substituents is 1. The second-order valence-electron chi connectivity index (χ2n) is 8.96. The zero-order valence-electron chi connectivity index (χ0n) is 18.1. The van der Waals surface area contributed by atoms with E-state index in [0.717, 1.165) is 5.56 Å². The first-order chi connectivity index (χ1) is 15.1. The third-order valence-electron chi connectivity index (χ3n) is 6.02. The van der Waals surface area contributed by atoms with E-state index >= 15 is 0 Å². The number of nitro benzene ring substituents is 1. The topological polar surface area (TPSA) is 89.8 Å². The first-order valence-electron chi connectivity index (χ1n) is 10.3. The highest BCUT2D eigenvalue weighted by Gasteiger charge is 2.45. The lowest BCUT2D eigenvalue weighted by molar-refractivity contribution is -0.384. The van der Waals surface area contributed by atoms with Crippen molar-refractivity contribution < 1.29 is 19.2 Å². The predicted octanol–water partition coefficient (Wildman–Crippen LogP) is 5.42. The Kier molecular flexibility index (Phi) is 5.54. The number of carbonyl (C=O) groups is 2. The first kappa shape index (κ1) is 22.0. The minimum absolute atomic E-state index is 0.0249. The SMILES string of the molecule is COc1cccc(C2CC(=O)N(c3cc([N+](=O)[O-])ccc3Cl)C3=C2C(=O)CC(C)(C)C3)c1. The van der Waals surface area contributed by atoms with Gasteiger partial charge in [0.1, 0.15) is 5.75 Å².